The van der Waals surface area contributed by atoms with E-state index in [0.717, 1.165) is 11.3 Å². The lowest BCUT2D eigenvalue weighted by atomic mass is 10.2. The Bertz CT molecular complexity index is 468. The summed E-state index contributed by atoms with van der Waals surface area (Å²) < 4.78 is 0. The molecule has 2 aromatic rings. The van der Waals surface area contributed by atoms with Gasteiger partial charge in [-0.1, -0.05) is 11.2 Å². The topological polar surface area (TPSA) is 47.4 Å². The highest BCUT2D eigenvalue weighted by atomic mass is 16.6. The van der Waals surface area contributed by atoms with Crippen LogP contribution in [0.1, 0.15) is 12.5 Å². The Morgan fingerprint density at radius 1 is 1.19 bits per heavy atom. The second-order valence-electron chi connectivity index (χ2n) is 3.18. The van der Waals surface area contributed by atoms with E-state index in [0.29, 0.717) is 5.88 Å². The smallest absolute Gasteiger partial charge is 0.248 e. The molecule has 4 heteroatoms. The predicted molar refractivity (Wildman–Crippen MR) is 61.3 cm³/mol. The van der Waals surface area contributed by atoms with Crippen LogP contribution in [0.25, 0.3) is 0 Å². The summed E-state index contributed by atoms with van der Waals surface area (Å²) in [6, 6.07) is 9.20. The van der Waals surface area contributed by atoms with Crippen LogP contribution < -0.4 is 4.84 Å². The van der Waals surface area contributed by atoms with Crippen LogP contribution in [-0.2, 0) is 0 Å². The second-order valence-corrected chi connectivity index (χ2v) is 3.18. The maximum atomic E-state index is 5.17. The summed E-state index contributed by atoms with van der Waals surface area (Å²) in [5.74, 6) is 0.478. The van der Waals surface area contributed by atoms with Gasteiger partial charge in [0.1, 0.15) is 0 Å². The van der Waals surface area contributed by atoms with Gasteiger partial charge in [-0.15, -0.1) is 0 Å². The van der Waals surface area contributed by atoms with Gasteiger partial charge in [-0.05, 0) is 25.1 Å². The second kappa shape index (κ2) is 5.02. The van der Waals surface area contributed by atoms with E-state index < -0.39 is 0 Å². The van der Waals surface area contributed by atoms with Gasteiger partial charge in [0.2, 0.25) is 5.88 Å². The minimum Gasteiger partial charge on any atom is -0.336 e. The van der Waals surface area contributed by atoms with Gasteiger partial charge in [-0.25, -0.2) is 4.98 Å². The number of nitrogens with zero attached hydrogens (tertiary/aromatic N) is 3. The Kier molecular flexibility index (Phi) is 3.23. The third kappa shape index (κ3) is 2.63. The van der Waals surface area contributed by atoms with Crippen LogP contribution in [-0.4, -0.2) is 15.7 Å². The number of oxime groups is 1. The lowest BCUT2D eigenvalue weighted by Gasteiger charge is -2.00. The summed E-state index contributed by atoms with van der Waals surface area (Å²) in [4.78, 5) is 13.2. The molecule has 0 spiro atoms. The van der Waals surface area contributed by atoms with Gasteiger partial charge in [-0.2, -0.15) is 0 Å². The molecule has 0 N–H and O–H groups in total. The Morgan fingerprint density at radius 2 is 2.12 bits per heavy atom. The highest BCUT2D eigenvalue weighted by molar-refractivity contribution is 5.97. The summed E-state index contributed by atoms with van der Waals surface area (Å²) in [5.41, 5.74) is 1.69. The zero-order chi connectivity index (χ0) is 11.2. The van der Waals surface area contributed by atoms with Gasteiger partial charge in [0.05, 0.1) is 5.71 Å². The molecule has 0 radical (unpaired) electrons. The molecule has 0 atom stereocenters. The Labute approximate surface area is 93.6 Å². The van der Waals surface area contributed by atoms with Crippen molar-refractivity contribution >= 4 is 5.71 Å². The summed E-state index contributed by atoms with van der Waals surface area (Å²) >= 11 is 0. The molecule has 0 aromatic carbocycles. The summed E-state index contributed by atoms with van der Waals surface area (Å²) in [6.07, 6.45) is 5.11. The number of pyridine rings is 2. The SMILES string of the molecule is CC(=NOc1ccccn1)c1cccnc1. The number of hydrogen-bond donors (Lipinski definition) is 0. The number of hydrogen-bond acceptors (Lipinski definition) is 4. The fraction of sp³-hybridized carbons (Fsp3) is 0.0833. The van der Waals surface area contributed by atoms with Crippen molar-refractivity contribution in [3.8, 4) is 5.88 Å². The van der Waals surface area contributed by atoms with E-state index in [9.17, 15) is 0 Å². The van der Waals surface area contributed by atoms with E-state index >= 15 is 0 Å². The monoisotopic (exact) mass is 213 g/mol. The first-order valence-electron chi connectivity index (χ1n) is 4.89. The lowest BCUT2D eigenvalue weighted by Crippen LogP contribution is -1.98. The van der Waals surface area contributed by atoms with E-state index in [1.54, 1.807) is 24.7 Å². The molecule has 80 valence electrons. The summed E-state index contributed by atoms with van der Waals surface area (Å²) in [7, 11) is 0. The third-order valence-electron chi connectivity index (χ3n) is 1.99. The molecule has 0 aliphatic rings. The minimum absolute atomic E-state index is 0.478. The minimum atomic E-state index is 0.478. The van der Waals surface area contributed by atoms with Gasteiger partial charge < -0.3 is 4.84 Å². The largest absolute Gasteiger partial charge is 0.336 e. The van der Waals surface area contributed by atoms with Crippen molar-refractivity contribution in [2.45, 2.75) is 6.92 Å². The van der Waals surface area contributed by atoms with Gasteiger partial charge >= 0.3 is 0 Å². The molecule has 4 nitrogen and oxygen atoms in total. The zero-order valence-corrected chi connectivity index (χ0v) is 8.87. The van der Waals surface area contributed by atoms with Gasteiger partial charge in [0, 0.05) is 30.2 Å². The van der Waals surface area contributed by atoms with Crippen molar-refractivity contribution in [1.29, 1.82) is 0 Å². The molecule has 16 heavy (non-hydrogen) atoms. The van der Waals surface area contributed by atoms with E-state index in [2.05, 4.69) is 15.1 Å². The highest BCUT2D eigenvalue weighted by Crippen LogP contribution is 2.05. The average molecular weight is 213 g/mol. The van der Waals surface area contributed by atoms with E-state index in [1.165, 1.54) is 0 Å². The molecule has 0 bridgehead atoms. The third-order valence-corrected chi connectivity index (χ3v) is 1.99. The number of aromatic nitrogens is 2. The van der Waals surface area contributed by atoms with Gasteiger partial charge in [-0.3, -0.25) is 4.98 Å². The van der Waals surface area contributed by atoms with Crippen LogP contribution in [0.4, 0.5) is 0 Å². The predicted octanol–water partition coefficient (Wildman–Crippen LogP) is 2.28. The molecule has 2 rings (SSSR count). The normalized spacial score (nSPS) is 11.2. The molecule has 2 heterocycles. The van der Waals surface area contributed by atoms with Crippen molar-refractivity contribution in [3.05, 3.63) is 54.5 Å². The molecule has 0 saturated carbocycles. The fourth-order valence-electron chi connectivity index (χ4n) is 1.15. The quantitative estimate of drug-likeness (QED) is 0.580. The molecule has 0 unspecified atom stereocenters. The van der Waals surface area contributed by atoms with Crippen LogP contribution in [0, 0.1) is 0 Å². The van der Waals surface area contributed by atoms with Crippen molar-refractivity contribution < 1.29 is 4.84 Å². The molecule has 0 amide bonds. The van der Waals surface area contributed by atoms with Crippen LogP contribution in [0.3, 0.4) is 0 Å². The first-order chi connectivity index (χ1) is 7.86. The number of rotatable bonds is 3. The lowest BCUT2D eigenvalue weighted by molar-refractivity contribution is 0.327. The van der Waals surface area contributed by atoms with Crippen molar-refractivity contribution in [3.63, 3.8) is 0 Å². The average Bonchev–Trinajstić information content (AvgIpc) is 2.38. The maximum absolute atomic E-state index is 5.17. The Morgan fingerprint density at radius 3 is 2.81 bits per heavy atom. The molecular formula is C12H11N3O. The standard InChI is InChI=1S/C12H11N3O/c1-10(11-5-4-7-13-9-11)15-16-12-6-2-3-8-14-12/h2-9H,1H3. The van der Waals surface area contributed by atoms with E-state index in [-0.39, 0.29) is 0 Å². The van der Waals surface area contributed by atoms with Crippen molar-refractivity contribution in [2.75, 3.05) is 0 Å². The van der Waals surface area contributed by atoms with Gasteiger partial charge in [0.15, 0.2) is 0 Å². The first kappa shape index (κ1) is 10.3. The van der Waals surface area contributed by atoms with Crippen LogP contribution in [0.5, 0.6) is 5.88 Å². The first-order valence-corrected chi connectivity index (χ1v) is 4.89. The summed E-state index contributed by atoms with van der Waals surface area (Å²) in [6.45, 7) is 1.86. The summed E-state index contributed by atoms with van der Waals surface area (Å²) in [5, 5.41) is 3.98. The van der Waals surface area contributed by atoms with Crippen molar-refractivity contribution in [2.24, 2.45) is 5.16 Å². The van der Waals surface area contributed by atoms with Crippen LogP contribution in [0.2, 0.25) is 0 Å². The Balaban J connectivity index is 2.09. The highest BCUT2D eigenvalue weighted by Gasteiger charge is 1.97. The van der Waals surface area contributed by atoms with Crippen LogP contribution >= 0.6 is 0 Å². The molecule has 0 aliphatic carbocycles. The Hall–Kier alpha value is -2.23. The zero-order valence-electron chi connectivity index (χ0n) is 8.87. The van der Waals surface area contributed by atoms with E-state index in [1.807, 2.05) is 31.2 Å². The molecule has 0 saturated heterocycles. The van der Waals surface area contributed by atoms with Crippen LogP contribution in [0.15, 0.2) is 54.1 Å². The van der Waals surface area contributed by atoms with E-state index in [4.69, 9.17) is 4.84 Å². The molecule has 0 fully saturated rings. The molecule has 2 aromatic heterocycles. The molecule has 0 aliphatic heterocycles. The maximum Gasteiger partial charge on any atom is 0.248 e. The van der Waals surface area contributed by atoms with Gasteiger partial charge in [0.25, 0.3) is 0 Å². The molecular weight excluding hydrogens is 202 g/mol. The fourth-order valence-corrected chi connectivity index (χ4v) is 1.15. The van der Waals surface area contributed by atoms with Crippen molar-refractivity contribution in [1.82, 2.24) is 9.97 Å².